The third-order valence-electron chi connectivity index (χ3n) is 2.84. The second-order valence-corrected chi connectivity index (χ2v) is 5.68. The molecule has 0 aliphatic heterocycles. The number of benzene rings is 1. The van der Waals surface area contributed by atoms with Crippen LogP contribution in [0.25, 0.3) is 0 Å². The van der Waals surface area contributed by atoms with Gasteiger partial charge in [0.25, 0.3) is 0 Å². The van der Waals surface area contributed by atoms with E-state index in [4.69, 9.17) is 23.2 Å². The summed E-state index contributed by atoms with van der Waals surface area (Å²) in [5.41, 5.74) is 1.13. The Morgan fingerprint density at radius 2 is 2.06 bits per heavy atom. The Labute approximate surface area is 115 Å². The number of alkyl halides is 1. The van der Waals surface area contributed by atoms with Gasteiger partial charge in [-0.15, -0.1) is 0 Å². The molecule has 1 aromatic rings. The first-order chi connectivity index (χ1) is 7.72. The van der Waals surface area contributed by atoms with Crippen LogP contribution in [-0.2, 0) is 6.54 Å². The Morgan fingerprint density at radius 3 is 2.69 bits per heavy atom. The van der Waals surface area contributed by atoms with Crippen LogP contribution in [0, 0.1) is 0 Å². The summed E-state index contributed by atoms with van der Waals surface area (Å²) in [7, 11) is 0. The van der Waals surface area contributed by atoms with Crippen LogP contribution in [0.5, 0.6) is 0 Å². The van der Waals surface area contributed by atoms with Gasteiger partial charge in [0.2, 0.25) is 0 Å². The van der Waals surface area contributed by atoms with E-state index < -0.39 is 0 Å². The number of halogens is 3. The largest absolute Gasteiger partial charge is 0.295 e. The van der Waals surface area contributed by atoms with Crippen molar-refractivity contribution in [2.45, 2.75) is 25.4 Å². The van der Waals surface area contributed by atoms with Gasteiger partial charge in [0.15, 0.2) is 0 Å². The van der Waals surface area contributed by atoms with Gasteiger partial charge < -0.3 is 0 Å². The smallest absolute Gasteiger partial charge is 0.0637 e. The van der Waals surface area contributed by atoms with Crippen molar-refractivity contribution >= 4 is 39.1 Å². The van der Waals surface area contributed by atoms with E-state index in [-0.39, 0.29) is 0 Å². The maximum Gasteiger partial charge on any atom is 0.0637 e. The summed E-state index contributed by atoms with van der Waals surface area (Å²) in [5.74, 6) is 0. The minimum atomic E-state index is 0.647. The number of hydrogen-bond donors (Lipinski definition) is 0. The Balaban J connectivity index is 2.08. The van der Waals surface area contributed by atoms with Crippen molar-refractivity contribution in [3.8, 4) is 0 Å². The van der Waals surface area contributed by atoms with E-state index in [0.717, 1.165) is 30.0 Å². The lowest BCUT2D eigenvalue weighted by atomic mass is 10.2. The minimum absolute atomic E-state index is 0.647. The van der Waals surface area contributed by atoms with Gasteiger partial charge in [-0.25, -0.2) is 0 Å². The van der Waals surface area contributed by atoms with E-state index in [2.05, 4.69) is 26.9 Å². The zero-order valence-electron chi connectivity index (χ0n) is 8.93. The Kier molecular flexibility index (Phi) is 4.54. The van der Waals surface area contributed by atoms with E-state index in [1.54, 1.807) is 0 Å². The predicted octanol–water partition coefficient (Wildman–Crippen LogP) is 4.35. The van der Waals surface area contributed by atoms with Crippen LogP contribution in [0.4, 0.5) is 0 Å². The fraction of sp³-hybridized carbons (Fsp3) is 0.500. The maximum atomic E-state index is 6.19. The molecule has 0 radical (unpaired) electrons. The molecule has 1 aliphatic carbocycles. The van der Waals surface area contributed by atoms with Crippen molar-refractivity contribution in [3.63, 3.8) is 0 Å². The van der Waals surface area contributed by atoms with Crippen molar-refractivity contribution in [1.82, 2.24) is 4.90 Å². The quantitative estimate of drug-likeness (QED) is 0.728. The van der Waals surface area contributed by atoms with Crippen LogP contribution in [-0.4, -0.2) is 22.8 Å². The van der Waals surface area contributed by atoms with E-state index in [0.29, 0.717) is 10.0 Å². The van der Waals surface area contributed by atoms with Crippen molar-refractivity contribution in [1.29, 1.82) is 0 Å². The van der Waals surface area contributed by atoms with Crippen LogP contribution < -0.4 is 0 Å². The molecular weight excluding hydrogens is 309 g/mol. The van der Waals surface area contributed by atoms with Crippen molar-refractivity contribution in [3.05, 3.63) is 33.8 Å². The van der Waals surface area contributed by atoms with Crippen LogP contribution >= 0.6 is 39.1 Å². The highest BCUT2D eigenvalue weighted by molar-refractivity contribution is 9.09. The number of hydrogen-bond acceptors (Lipinski definition) is 1. The first-order valence-electron chi connectivity index (χ1n) is 5.45. The SMILES string of the molecule is Clc1cccc(CN(CCBr)C2CC2)c1Cl. The second-order valence-electron chi connectivity index (χ2n) is 4.10. The molecule has 0 bridgehead atoms. The van der Waals surface area contributed by atoms with Gasteiger partial charge in [0.05, 0.1) is 10.0 Å². The zero-order chi connectivity index (χ0) is 11.5. The molecule has 1 fully saturated rings. The molecular formula is C12H14BrCl2N. The first-order valence-corrected chi connectivity index (χ1v) is 7.33. The van der Waals surface area contributed by atoms with Crippen molar-refractivity contribution in [2.24, 2.45) is 0 Å². The fourth-order valence-electron chi connectivity index (χ4n) is 1.83. The molecule has 1 nitrogen and oxygen atoms in total. The van der Waals surface area contributed by atoms with Gasteiger partial charge in [-0.2, -0.15) is 0 Å². The van der Waals surface area contributed by atoms with E-state index in [1.807, 2.05) is 12.1 Å². The minimum Gasteiger partial charge on any atom is -0.295 e. The van der Waals surface area contributed by atoms with Gasteiger partial charge in [-0.05, 0) is 24.5 Å². The zero-order valence-corrected chi connectivity index (χ0v) is 12.0. The molecule has 1 aliphatic rings. The Bertz CT molecular complexity index is 366. The molecule has 0 spiro atoms. The average molecular weight is 323 g/mol. The molecule has 0 amide bonds. The number of rotatable bonds is 5. The lowest BCUT2D eigenvalue weighted by Gasteiger charge is -2.21. The molecule has 0 heterocycles. The van der Waals surface area contributed by atoms with Crippen LogP contribution in [0.15, 0.2) is 18.2 Å². The molecule has 0 unspecified atom stereocenters. The monoisotopic (exact) mass is 321 g/mol. The highest BCUT2D eigenvalue weighted by Crippen LogP contribution is 2.31. The van der Waals surface area contributed by atoms with Crippen LogP contribution in [0.3, 0.4) is 0 Å². The molecule has 2 rings (SSSR count). The van der Waals surface area contributed by atoms with E-state index >= 15 is 0 Å². The predicted molar refractivity (Wildman–Crippen MR) is 73.7 cm³/mol. The molecule has 0 aromatic heterocycles. The molecule has 88 valence electrons. The normalized spacial score (nSPS) is 15.8. The lowest BCUT2D eigenvalue weighted by Crippen LogP contribution is -2.27. The van der Waals surface area contributed by atoms with Gasteiger partial charge in [-0.1, -0.05) is 51.3 Å². The summed E-state index contributed by atoms with van der Waals surface area (Å²) in [5, 5.41) is 2.35. The molecule has 4 heteroatoms. The van der Waals surface area contributed by atoms with Crippen LogP contribution in [0.2, 0.25) is 10.0 Å². The molecule has 16 heavy (non-hydrogen) atoms. The van der Waals surface area contributed by atoms with Gasteiger partial charge in [-0.3, -0.25) is 4.90 Å². The fourth-order valence-corrected chi connectivity index (χ4v) is 2.66. The second kappa shape index (κ2) is 5.72. The summed E-state index contributed by atoms with van der Waals surface area (Å²) in [6.07, 6.45) is 2.62. The van der Waals surface area contributed by atoms with E-state index in [9.17, 15) is 0 Å². The maximum absolute atomic E-state index is 6.19. The highest BCUT2D eigenvalue weighted by Gasteiger charge is 2.28. The van der Waals surface area contributed by atoms with Gasteiger partial charge in [0, 0.05) is 24.5 Å². The summed E-state index contributed by atoms with van der Waals surface area (Å²) < 4.78 is 0. The molecule has 0 saturated heterocycles. The summed E-state index contributed by atoms with van der Waals surface area (Å²) in [6.45, 7) is 1.96. The summed E-state index contributed by atoms with van der Waals surface area (Å²) in [6, 6.07) is 6.59. The third kappa shape index (κ3) is 3.13. The first kappa shape index (κ1) is 12.7. The summed E-state index contributed by atoms with van der Waals surface area (Å²) in [4.78, 5) is 2.46. The highest BCUT2D eigenvalue weighted by atomic mass is 79.9. The van der Waals surface area contributed by atoms with E-state index in [1.165, 1.54) is 12.8 Å². The van der Waals surface area contributed by atoms with Gasteiger partial charge >= 0.3 is 0 Å². The Hall–Kier alpha value is 0.240. The standard InChI is InChI=1S/C12H14BrCl2N/c13-6-7-16(10-4-5-10)8-9-2-1-3-11(14)12(9)15/h1-3,10H,4-8H2. The van der Waals surface area contributed by atoms with Crippen LogP contribution in [0.1, 0.15) is 18.4 Å². The van der Waals surface area contributed by atoms with Crippen molar-refractivity contribution < 1.29 is 0 Å². The topological polar surface area (TPSA) is 3.24 Å². The molecule has 0 N–H and O–H groups in total. The molecule has 1 saturated carbocycles. The molecule has 1 aromatic carbocycles. The average Bonchev–Trinajstić information content (AvgIpc) is 3.07. The Morgan fingerprint density at radius 1 is 1.31 bits per heavy atom. The number of nitrogens with zero attached hydrogens (tertiary/aromatic N) is 1. The van der Waals surface area contributed by atoms with Gasteiger partial charge in [0.1, 0.15) is 0 Å². The molecule has 0 atom stereocenters. The third-order valence-corrected chi connectivity index (χ3v) is 4.05. The van der Waals surface area contributed by atoms with Crippen molar-refractivity contribution in [2.75, 3.05) is 11.9 Å². The lowest BCUT2D eigenvalue weighted by molar-refractivity contribution is 0.272. The summed E-state index contributed by atoms with van der Waals surface area (Å²) >= 11 is 15.7.